The van der Waals surface area contributed by atoms with Crippen LogP contribution in [0.15, 0.2) is 72.1 Å². The van der Waals surface area contributed by atoms with Crippen molar-refractivity contribution in [3.8, 4) is 0 Å². The number of hydrogen-bond donors (Lipinski definition) is 0. The summed E-state index contributed by atoms with van der Waals surface area (Å²) in [4.78, 5) is 0. The summed E-state index contributed by atoms with van der Waals surface area (Å²) in [6, 6.07) is 22.1. The Balaban J connectivity index is 0.00000147. The van der Waals surface area contributed by atoms with Gasteiger partial charge in [-0.15, -0.1) is 17.0 Å². The van der Waals surface area contributed by atoms with Gasteiger partial charge in [0.1, 0.15) is 0 Å². The lowest BCUT2D eigenvalue weighted by Crippen LogP contribution is -2.12. The summed E-state index contributed by atoms with van der Waals surface area (Å²) in [5.41, 5.74) is 3.05. The van der Waals surface area contributed by atoms with E-state index in [0.717, 1.165) is 0 Å². The summed E-state index contributed by atoms with van der Waals surface area (Å²) in [7, 11) is -1.14. The Kier molecular flexibility index (Phi) is 5.18. The highest BCUT2D eigenvalue weighted by Gasteiger charge is 2.41. The first kappa shape index (κ1) is 15.5. The van der Waals surface area contributed by atoms with Gasteiger partial charge in [-0.05, 0) is 30.2 Å². The molecular weight excluding hydrogens is 327 g/mol. The molecule has 2 aromatic carbocycles. The molecule has 0 saturated carbocycles. The summed E-state index contributed by atoms with van der Waals surface area (Å²) < 4.78 is 0. The van der Waals surface area contributed by atoms with Gasteiger partial charge < -0.3 is 0 Å². The minimum absolute atomic E-state index is 0. The van der Waals surface area contributed by atoms with E-state index in [1.807, 2.05) is 0 Å². The van der Waals surface area contributed by atoms with E-state index in [-0.39, 0.29) is 17.0 Å². The summed E-state index contributed by atoms with van der Waals surface area (Å²) in [5, 5.41) is 1.57. The molecule has 2 aromatic rings. The second-order valence-electron chi connectivity index (χ2n) is 5.46. The second kappa shape index (κ2) is 6.70. The molecule has 20 heavy (non-hydrogen) atoms. The normalized spacial score (nSPS) is 21.1. The standard InChI is InChI=1S/C18H20P.BrH/c1-16-12-13-19(14-16,18-10-6-3-7-11-18)15-17-8-4-2-5-9-17;/h2-11,14H,12-13,15H2,1H3;1H/q+1;. The van der Waals surface area contributed by atoms with Gasteiger partial charge in [-0.3, -0.25) is 0 Å². The van der Waals surface area contributed by atoms with Crippen LogP contribution in [0.25, 0.3) is 0 Å². The first-order valence-electron chi connectivity index (χ1n) is 6.93. The molecule has 0 saturated heterocycles. The molecule has 1 heterocycles. The van der Waals surface area contributed by atoms with Gasteiger partial charge in [0, 0.05) is 6.42 Å². The maximum Gasteiger partial charge on any atom is 0.0989 e. The van der Waals surface area contributed by atoms with Crippen LogP contribution in [0.3, 0.4) is 0 Å². The molecule has 0 aliphatic carbocycles. The maximum absolute atomic E-state index is 2.61. The predicted octanol–water partition coefficient (Wildman–Crippen LogP) is 5.42. The van der Waals surface area contributed by atoms with Gasteiger partial charge in [0.25, 0.3) is 0 Å². The third kappa shape index (κ3) is 3.22. The highest BCUT2D eigenvalue weighted by molar-refractivity contribution is 8.93. The number of hydrogen-bond acceptors (Lipinski definition) is 0. The Morgan fingerprint density at radius 2 is 1.50 bits per heavy atom. The number of benzene rings is 2. The zero-order valence-corrected chi connectivity index (χ0v) is 14.4. The van der Waals surface area contributed by atoms with Crippen molar-refractivity contribution in [3.05, 3.63) is 77.6 Å². The molecule has 0 aromatic heterocycles. The van der Waals surface area contributed by atoms with Crippen LogP contribution in [0.1, 0.15) is 18.9 Å². The molecule has 2 heteroatoms. The molecule has 0 radical (unpaired) electrons. The van der Waals surface area contributed by atoms with Crippen molar-refractivity contribution in [3.63, 3.8) is 0 Å². The first-order valence-corrected chi connectivity index (χ1v) is 9.16. The molecule has 0 amide bonds. The van der Waals surface area contributed by atoms with Crippen molar-refractivity contribution >= 4 is 29.5 Å². The largest absolute Gasteiger partial charge is 0.114 e. The van der Waals surface area contributed by atoms with Gasteiger partial charge in [-0.2, -0.15) is 0 Å². The lowest BCUT2D eigenvalue weighted by atomic mass is 10.2. The van der Waals surface area contributed by atoms with E-state index < -0.39 is 7.26 Å². The van der Waals surface area contributed by atoms with Crippen LogP contribution in [-0.2, 0) is 6.16 Å². The Hall–Kier alpha value is -0.910. The van der Waals surface area contributed by atoms with Gasteiger partial charge in [0.05, 0.1) is 30.7 Å². The van der Waals surface area contributed by atoms with Crippen LogP contribution in [-0.4, -0.2) is 6.16 Å². The summed E-state index contributed by atoms with van der Waals surface area (Å²) in [5.74, 6) is 2.61. The van der Waals surface area contributed by atoms with Crippen molar-refractivity contribution < 1.29 is 0 Å². The summed E-state index contributed by atoms with van der Waals surface area (Å²) in [6.45, 7) is 2.29. The number of rotatable bonds is 3. The molecule has 1 atom stereocenters. The van der Waals surface area contributed by atoms with Gasteiger partial charge in [-0.1, -0.05) is 48.5 Å². The Bertz CT molecular complexity index is 577. The average Bonchev–Trinajstić information content (AvgIpc) is 2.83. The monoisotopic (exact) mass is 347 g/mol. The van der Waals surface area contributed by atoms with Crippen LogP contribution in [0.4, 0.5) is 0 Å². The Morgan fingerprint density at radius 1 is 0.900 bits per heavy atom. The fourth-order valence-electron chi connectivity index (χ4n) is 2.98. The maximum atomic E-state index is 2.61. The topological polar surface area (TPSA) is 0 Å². The Labute approximate surface area is 133 Å². The molecule has 0 bridgehead atoms. The number of halogens is 1. The molecule has 0 N–H and O–H groups in total. The molecular formula is C18H21BrP+. The molecule has 0 spiro atoms. The SMILES string of the molecule is Br.CC1=C[P+](Cc2ccccc2)(c2ccccc2)CC1. The quantitative estimate of drug-likeness (QED) is 0.650. The molecule has 1 aliphatic rings. The highest BCUT2D eigenvalue weighted by atomic mass is 79.9. The van der Waals surface area contributed by atoms with Crippen molar-refractivity contribution in [2.24, 2.45) is 0 Å². The van der Waals surface area contributed by atoms with Gasteiger partial charge in [-0.25, -0.2) is 0 Å². The average molecular weight is 348 g/mol. The van der Waals surface area contributed by atoms with E-state index >= 15 is 0 Å². The Morgan fingerprint density at radius 3 is 2.05 bits per heavy atom. The summed E-state index contributed by atoms with van der Waals surface area (Å²) >= 11 is 0. The van der Waals surface area contributed by atoms with Crippen molar-refractivity contribution in [2.75, 3.05) is 6.16 Å². The van der Waals surface area contributed by atoms with Crippen LogP contribution >= 0.6 is 24.2 Å². The van der Waals surface area contributed by atoms with Crippen molar-refractivity contribution in [1.29, 1.82) is 0 Å². The van der Waals surface area contributed by atoms with E-state index in [1.165, 1.54) is 24.3 Å². The van der Waals surface area contributed by atoms with Gasteiger partial charge in [0.2, 0.25) is 0 Å². The zero-order chi connectivity index (χ0) is 13.1. The second-order valence-corrected chi connectivity index (χ2v) is 9.07. The van der Waals surface area contributed by atoms with Crippen LogP contribution < -0.4 is 5.30 Å². The summed E-state index contributed by atoms with van der Waals surface area (Å²) in [6.07, 6.45) is 3.84. The fourth-order valence-corrected chi connectivity index (χ4v) is 7.30. The highest BCUT2D eigenvalue weighted by Crippen LogP contribution is 2.66. The molecule has 0 fully saturated rings. The minimum atomic E-state index is -1.14. The van der Waals surface area contributed by atoms with E-state index in [0.29, 0.717) is 0 Å². The van der Waals surface area contributed by atoms with Crippen LogP contribution in [0.2, 0.25) is 0 Å². The third-order valence-corrected chi connectivity index (χ3v) is 8.16. The van der Waals surface area contributed by atoms with Crippen molar-refractivity contribution in [1.82, 2.24) is 0 Å². The smallest absolute Gasteiger partial charge is 0.0989 e. The molecule has 1 aliphatic heterocycles. The van der Waals surface area contributed by atoms with Gasteiger partial charge >= 0.3 is 0 Å². The lowest BCUT2D eigenvalue weighted by molar-refractivity contribution is 1.13. The molecule has 1 unspecified atom stereocenters. The van der Waals surface area contributed by atoms with E-state index in [9.17, 15) is 0 Å². The molecule has 0 nitrogen and oxygen atoms in total. The molecule has 104 valence electrons. The number of allylic oxidation sites excluding steroid dienone is 1. The van der Waals surface area contributed by atoms with E-state index in [2.05, 4.69) is 73.4 Å². The molecule has 3 rings (SSSR count). The van der Waals surface area contributed by atoms with Crippen LogP contribution in [0, 0.1) is 0 Å². The zero-order valence-electron chi connectivity index (χ0n) is 11.8. The minimum Gasteiger partial charge on any atom is -0.114 e. The van der Waals surface area contributed by atoms with E-state index in [1.54, 1.807) is 10.9 Å². The predicted molar refractivity (Wildman–Crippen MR) is 96.7 cm³/mol. The first-order chi connectivity index (χ1) is 9.28. The van der Waals surface area contributed by atoms with Crippen LogP contribution in [0.5, 0.6) is 0 Å². The third-order valence-electron chi connectivity index (χ3n) is 3.95. The lowest BCUT2D eigenvalue weighted by Gasteiger charge is -2.20. The van der Waals surface area contributed by atoms with Gasteiger partial charge in [0.15, 0.2) is 0 Å². The van der Waals surface area contributed by atoms with E-state index in [4.69, 9.17) is 0 Å². The fraction of sp³-hybridized carbons (Fsp3) is 0.222. The van der Waals surface area contributed by atoms with Crippen molar-refractivity contribution in [2.45, 2.75) is 19.5 Å².